The van der Waals surface area contributed by atoms with Gasteiger partial charge in [0.25, 0.3) is 0 Å². The van der Waals surface area contributed by atoms with Crippen LogP contribution in [0.3, 0.4) is 0 Å². The molecule has 3 atom stereocenters. The third-order valence-corrected chi connectivity index (χ3v) is 5.59. The maximum atomic E-state index is 12.4. The number of carbonyl (C=O) groups is 1. The Morgan fingerprint density at radius 3 is 2.55 bits per heavy atom. The molecule has 0 aromatic heterocycles. The minimum Gasteiger partial charge on any atom is -0.469 e. The van der Waals surface area contributed by atoms with Crippen LogP contribution in [-0.4, -0.2) is 23.0 Å². The average molecular weight is 294 g/mol. The minimum atomic E-state index is -1.04. The van der Waals surface area contributed by atoms with Crippen molar-refractivity contribution in [2.75, 3.05) is 12.9 Å². The Kier molecular flexibility index (Phi) is 5.35. The third-order valence-electron chi connectivity index (χ3n) is 4.06. The highest BCUT2D eigenvalue weighted by atomic mass is 32.2. The van der Waals surface area contributed by atoms with Crippen molar-refractivity contribution in [2.45, 2.75) is 37.5 Å². The van der Waals surface area contributed by atoms with Crippen LogP contribution >= 0.6 is 0 Å². The molecule has 0 amide bonds. The smallest absolute Gasteiger partial charge is 0.308 e. The Hall–Kier alpha value is -1.16. The maximum absolute atomic E-state index is 12.4. The fourth-order valence-electron chi connectivity index (χ4n) is 2.85. The summed E-state index contributed by atoms with van der Waals surface area (Å²) in [5.74, 6) is 0.514. The van der Waals surface area contributed by atoms with Gasteiger partial charge in [0.05, 0.1) is 23.8 Å². The van der Waals surface area contributed by atoms with Crippen molar-refractivity contribution < 1.29 is 13.7 Å². The van der Waals surface area contributed by atoms with Crippen LogP contribution in [-0.2, 0) is 20.3 Å². The zero-order valence-electron chi connectivity index (χ0n) is 12.1. The summed E-state index contributed by atoms with van der Waals surface area (Å²) < 4.78 is 17.3. The standard InChI is InChI=1S/C16H22O3S/c1-12-7-9-14(10-8-12)20(18)11-13-5-3-4-6-15(13)16(17)19-2/h7-10,13,15H,3-6,11H2,1-2H3/t13-,15-,20?/m1/s1. The van der Waals surface area contributed by atoms with Crippen LogP contribution in [0.2, 0.25) is 0 Å². The van der Waals surface area contributed by atoms with Gasteiger partial charge in [0.2, 0.25) is 0 Å². The Morgan fingerprint density at radius 2 is 1.90 bits per heavy atom. The normalized spacial score (nSPS) is 24.1. The zero-order valence-corrected chi connectivity index (χ0v) is 12.9. The molecule has 1 aliphatic rings. The van der Waals surface area contributed by atoms with E-state index in [2.05, 4.69) is 0 Å². The van der Waals surface area contributed by atoms with Crippen LogP contribution < -0.4 is 0 Å². The van der Waals surface area contributed by atoms with Gasteiger partial charge in [-0.25, -0.2) is 0 Å². The van der Waals surface area contributed by atoms with E-state index in [-0.39, 0.29) is 17.8 Å². The van der Waals surface area contributed by atoms with E-state index in [1.165, 1.54) is 7.11 Å². The van der Waals surface area contributed by atoms with Crippen molar-refractivity contribution in [3.63, 3.8) is 0 Å². The first-order chi connectivity index (χ1) is 9.61. The first-order valence-corrected chi connectivity index (χ1v) is 8.46. The van der Waals surface area contributed by atoms with E-state index in [0.717, 1.165) is 36.1 Å². The van der Waals surface area contributed by atoms with Crippen molar-refractivity contribution in [2.24, 2.45) is 11.8 Å². The van der Waals surface area contributed by atoms with Gasteiger partial charge in [0.1, 0.15) is 0 Å². The summed E-state index contributed by atoms with van der Waals surface area (Å²) >= 11 is 0. The highest BCUT2D eigenvalue weighted by Crippen LogP contribution is 2.32. The molecule has 2 rings (SSSR count). The monoisotopic (exact) mass is 294 g/mol. The molecule has 1 aromatic rings. The molecule has 110 valence electrons. The number of ether oxygens (including phenoxy) is 1. The molecule has 1 unspecified atom stereocenters. The third kappa shape index (κ3) is 3.69. The fraction of sp³-hybridized carbons (Fsp3) is 0.562. The lowest BCUT2D eigenvalue weighted by Gasteiger charge is -2.29. The lowest BCUT2D eigenvalue weighted by molar-refractivity contribution is -0.148. The Labute approximate surface area is 123 Å². The second kappa shape index (κ2) is 7.02. The predicted molar refractivity (Wildman–Crippen MR) is 79.9 cm³/mol. The molecule has 20 heavy (non-hydrogen) atoms. The van der Waals surface area contributed by atoms with Crippen LogP contribution in [0.4, 0.5) is 0 Å². The highest BCUT2D eigenvalue weighted by molar-refractivity contribution is 7.85. The minimum absolute atomic E-state index is 0.0804. The van der Waals surface area contributed by atoms with E-state index in [1.54, 1.807) is 0 Å². The molecule has 0 heterocycles. The molecule has 0 spiro atoms. The number of hydrogen-bond acceptors (Lipinski definition) is 3. The first kappa shape index (κ1) is 15.2. The second-order valence-corrected chi connectivity index (χ2v) is 7.00. The van der Waals surface area contributed by atoms with Gasteiger partial charge in [-0.3, -0.25) is 9.00 Å². The number of rotatable bonds is 4. The zero-order chi connectivity index (χ0) is 14.5. The molecular weight excluding hydrogens is 272 g/mol. The summed E-state index contributed by atoms with van der Waals surface area (Å²) in [6, 6.07) is 7.79. The number of hydrogen-bond donors (Lipinski definition) is 0. The molecule has 1 saturated carbocycles. The van der Waals surface area contributed by atoms with Gasteiger partial charge in [0.15, 0.2) is 0 Å². The van der Waals surface area contributed by atoms with Crippen molar-refractivity contribution >= 4 is 16.8 Å². The number of carbonyl (C=O) groups excluding carboxylic acids is 1. The molecular formula is C16H22O3S. The Bertz CT molecular complexity index is 481. The van der Waals surface area contributed by atoms with Gasteiger partial charge < -0.3 is 4.74 Å². The topological polar surface area (TPSA) is 43.4 Å². The molecule has 0 bridgehead atoms. The molecule has 1 fully saturated rings. The molecule has 4 heteroatoms. The van der Waals surface area contributed by atoms with Crippen molar-refractivity contribution in [3.8, 4) is 0 Å². The predicted octanol–water partition coefficient (Wildman–Crippen LogP) is 3.08. The van der Waals surface area contributed by atoms with Crippen LogP contribution in [0, 0.1) is 18.8 Å². The second-order valence-electron chi connectivity index (χ2n) is 5.50. The summed E-state index contributed by atoms with van der Waals surface area (Å²) in [7, 11) is 0.399. The van der Waals surface area contributed by atoms with E-state index in [9.17, 15) is 9.00 Å². The van der Waals surface area contributed by atoms with E-state index >= 15 is 0 Å². The quantitative estimate of drug-likeness (QED) is 0.802. The van der Waals surface area contributed by atoms with E-state index in [1.807, 2.05) is 31.2 Å². The SMILES string of the molecule is COC(=O)[C@@H]1CCCC[C@@H]1CS(=O)c1ccc(C)cc1. The van der Waals surface area contributed by atoms with Gasteiger partial charge in [-0.05, 0) is 37.8 Å². The van der Waals surface area contributed by atoms with Gasteiger partial charge in [-0.15, -0.1) is 0 Å². The summed E-state index contributed by atoms with van der Waals surface area (Å²) in [4.78, 5) is 12.7. The largest absolute Gasteiger partial charge is 0.469 e. The molecule has 1 aliphatic carbocycles. The van der Waals surface area contributed by atoms with Crippen LogP contribution in [0.5, 0.6) is 0 Å². The molecule has 0 radical (unpaired) electrons. The number of esters is 1. The van der Waals surface area contributed by atoms with Gasteiger partial charge in [-0.1, -0.05) is 30.5 Å². The molecule has 0 saturated heterocycles. The number of aryl methyl sites for hydroxylation is 1. The molecule has 0 aliphatic heterocycles. The summed E-state index contributed by atoms with van der Waals surface area (Å²) in [5, 5.41) is 0. The van der Waals surface area contributed by atoms with Gasteiger partial charge in [-0.2, -0.15) is 0 Å². The van der Waals surface area contributed by atoms with Crippen molar-refractivity contribution in [1.82, 2.24) is 0 Å². The van der Waals surface area contributed by atoms with Gasteiger partial charge >= 0.3 is 5.97 Å². The lowest BCUT2D eigenvalue weighted by atomic mass is 9.80. The maximum Gasteiger partial charge on any atom is 0.308 e. The van der Waals surface area contributed by atoms with E-state index in [4.69, 9.17) is 4.74 Å². The molecule has 1 aromatic carbocycles. The first-order valence-electron chi connectivity index (χ1n) is 7.14. The Morgan fingerprint density at radius 1 is 1.25 bits per heavy atom. The van der Waals surface area contributed by atoms with E-state index < -0.39 is 10.8 Å². The van der Waals surface area contributed by atoms with Gasteiger partial charge in [0, 0.05) is 10.6 Å². The number of methoxy groups -OCH3 is 1. The molecule has 3 nitrogen and oxygen atoms in total. The highest BCUT2D eigenvalue weighted by Gasteiger charge is 2.32. The van der Waals surface area contributed by atoms with Crippen molar-refractivity contribution in [3.05, 3.63) is 29.8 Å². The van der Waals surface area contributed by atoms with E-state index in [0.29, 0.717) is 5.75 Å². The lowest BCUT2D eigenvalue weighted by Crippen LogP contribution is -2.31. The van der Waals surface area contributed by atoms with Crippen LogP contribution in [0.1, 0.15) is 31.2 Å². The molecule has 0 N–H and O–H groups in total. The number of benzene rings is 1. The van der Waals surface area contributed by atoms with Crippen molar-refractivity contribution in [1.29, 1.82) is 0 Å². The van der Waals surface area contributed by atoms with Crippen LogP contribution in [0.25, 0.3) is 0 Å². The van der Waals surface area contributed by atoms with Crippen LogP contribution in [0.15, 0.2) is 29.2 Å². The summed E-state index contributed by atoms with van der Waals surface area (Å²) in [6.07, 6.45) is 4.01. The summed E-state index contributed by atoms with van der Waals surface area (Å²) in [5.41, 5.74) is 1.16. The average Bonchev–Trinajstić information content (AvgIpc) is 2.47. The summed E-state index contributed by atoms with van der Waals surface area (Å²) in [6.45, 7) is 2.02. The fourth-order valence-corrected chi connectivity index (χ4v) is 4.27. The Balaban J connectivity index is 2.04.